The topological polar surface area (TPSA) is 150 Å². The monoisotopic (exact) mass is 604 g/mol. The van der Waals surface area contributed by atoms with Gasteiger partial charge < -0.3 is 15.5 Å². The molecule has 216 valence electrons. The number of thiazole rings is 1. The van der Waals surface area contributed by atoms with Crippen molar-refractivity contribution in [3.8, 4) is 28.4 Å². The second-order valence-corrected chi connectivity index (χ2v) is 12.9. The van der Waals surface area contributed by atoms with Crippen molar-refractivity contribution >= 4 is 38.2 Å². The number of aromatic hydroxyl groups is 1. The third-order valence-electron chi connectivity index (χ3n) is 7.26. The van der Waals surface area contributed by atoms with Crippen LogP contribution in [0.4, 0.5) is 5.95 Å². The fourth-order valence-electron chi connectivity index (χ4n) is 5.10. The molecule has 0 radical (unpaired) electrons. The Morgan fingerprint density at radius 3 is 2.60 bits per heavy atom. The number of phenolic OH excluding ortho intramolecular Hbond substituents is 1. The van der Waals surface area contributed by atoms with E-state index in [-0.39, 0.29) is 23.1 Å². The third-order valence-corrected chi connectivity index (χ3v) is 9.93. The van der Waals surface area contributed by atoms with Crippen molar-refractivity contribution in [3.05, 3.63) is 77.9 Å². The molecule has 0 aliphatic carbocycles. The molecule has 11 nitrogen and oxygen atoms in total. The van der Waals surface area contributed by atoms with Gasteiger partial charge in [0.1, 0.15) is 11.4 Å². The summed E-state index contributed by atoms with van der Waals surface area (Å²) in [6, 6.07) is 15.2. The fourth-order valence-corrected chi connectivity index (χ4v) is 7.28. The van der Waals surface area contributed by atoms with Crippen molar-refractivity contribution in [2.24, 2.45) is 0 Å². The van der Waals surface area contributed by atoms with Crippen LogP contribution in [-0.2, 0) is 21.2 Å². The van der Waals surface area contributed by atoms with E-state index in [1.54, 1.807) is 48.7 Å². The smallest absolute Gasteiger partial charge is 0.303 e. The van der Waals surface area contributed by atoms with E-state index in [0.29, 0.717) is 49.7 Å². The maximum absolute atomic E-state index is 13.2. The Morgan fingerprint density at radius 2 is 1.86 bits per heavy atom. The predicted octanol–water partition coefficient (Wildman–Crippen LogP) is 4.51. The summed E-state index contributed by atoms with van der Waals surface area (Å²) in [5, 5.41) is 24.2. The van der Waals surface area contributed by atoms with Crippen LogP contribution in [-0.4, -0.2) is 67.4 Å². The minimum Gasteiger partial charge on any atom is -0.508 e. The number of hydrogen-bond donors (Lipinski definition) is 3. The van der Waals surface area contributed by atoms with Crippen LogP contribution in [0.5, 0.6) is 5.75 Å². The number of anilines is 1. The standard InChI is InChI=1S/C29H28N6O5S2/c36-22-3-1-2-20(18-22)26-27(35-16-17-41-29(35)33-26)24-10-13-30-28(32-24)31-21-11-14-34(15-12-21)42(39,40)23-7-4-19(5-8-23)6-9-25(37)38/h1-5,7-8,10,13,16-18,21,36H,6,9,11-12,14-15H2,(H,37,38)(H,30,31,32). The summed E-state index contributed by atoms with van der Waals surface area (Å²) in [4.78, 5) is 25.8. The number of aryl methyl sites for hydroxylation is 1. The fraction of sp³-hybridized carbons (Fsp3) is 0.241. The molecular weight excluding hydrogens is 576 g/mol. The summed E-state index contributed by atoms with van der Waals surface area (Å²) in [6.07, 6.45) is 5.14. The molecule has 3 aromatic heterocycles. The highest BCUT2D eigenvalue weighted by Crippen LogP contribution is 2.35. The molecule has 42 heavy (non-hydrogen) atoms. The molecule has 1 fully saturated rings. The largest absolute Gasteiger partial charge is 0.508 e. The minimum atomic E-state index is -3.66. The highest BCUT2D eigenvalue weighted by Gasteiger charge is 2.30. The Hall–Kier alpha value is -4.33. The first-order valence-corrected chi connectivity index (χ1v) is 15.8. The molecule has 3 N–H and O–H groups in total. The van der Waals surface area contributed by atoms with Gasteiger partial charge in [-0.15, -0.1) is 11.3 Å². The second kappa shape index (κ2) is 11.5. The number of sulfonamides is 1. The summed E-state index contributed by atoms with van der Waals surface area (Å²) in [6.45, 7) is 0.695. The number of carboxylic acids is 1. The number of nitrogens with one attached hydrogen (secondary N) is 1. The summed E-state index contributed by atoms with van der Waals surface area (Å²) in [5.41, 5.74) is 3.72. The maximum atomic E-state index is 13.2. The zero-order valence-corrected chi connectivity index (χ0v) is 24.1. The molecule has 0 bridgehead atoms. The lowest BCUT2D eigenvalue weighted by Crippen LogP contribution is -2.42. The number of benzene rings is 2. The second-order valence-electron chi connectivity index (χ2n) is 10.0. The molecule has 2 aromatic carbocycles. The Bertz CT molecular complexity index is 1840. The Labute approximate surface area is 246 Å². The molecular formula is C29H28N6O5S2. The quantitative estimate of drug-likeness (QED) is 0.221. The van der Waals surface area contributed by atoms with Gasteiger partial charge in [-0.2, -0.15) is 4.31 Å². The number of fused-ring (bicyclic) bond motifs is 1. The first-order valence-electron chi connectivity index (χ1n) is 13.4. The van der Waals surface area contributed by atoms with E-state index in [1.807, 2.05) is 28.1 Å². The van der Waals surface area contributed by atoms with E-state index < -0.39 is 16.0 Å². The van der Waals surface area contributed by atoms with Crippen molar-refractivity contribution in [1.29, 1.82) is 0 Å². The van der Waals surface area contributed by atoms with Crippen LogP contribution in [0.2, 0.25) is 0 Å². The number of carbonyl (C=O) groups is 1. The summed E-state index contributed by atoms with van der Waals surface area (Å²) in [5.74, 6) is -0.293. The molecule has 6 rings (SSSR count). The number of piperidine rings is 1. The molecule has 0 spiro atoms. The van der Waals surface area contributed by atoms with Gasteiger partial charge in [0, 0.05) is 48.9 Å². The molecule has 0 amide bonds. The van der Waals surface area contributed by atoms with E-state index in [1.165, 1.54) is 15.6 Å². The first kappa shape index (κ1) is 27.8. The van der Waals surface area contributed by atoms with Crippen molar-refractivity contribution in [2.75, 3.05) is 18.4 Å². The highest BCUT2D eigenvalue weighted by molar-refractivity contribution is 7.89. The normalized spacial score (nSPS) is 14.8. The Balaban J connectivity index is 1.15. The summed E-state index contributed by atoms with van der Waals surface area (Å²) < 4.78 is 29.9. The van der Waals surface area contributed by atoms with E-state index in [2.05, 4.69) is 10.3 Å². The van der Waals surface area contributed by atoms with Crippen LogP contribution < -0.4 is 5.32 Å². The van der Waals surface area contributed by atoms with Crippen molar-refractivity contribution in [1.82, 2.24) is 23.7 Å². The third kappa shape index (κ3) is 5.71. The van der Waals surface area contributed by atoms with Crippen molar-refractivity contribution < 1.29 is 23.4 Å². The van der Waals surface area contributed by atoms with E-state index in [0.717, 1.165) is 21.8 Å². The van der Waals surface area contributed by atoms with Crippen molar-refractivity contribution in [2.45, 2.75) is 36.6 Å². The maximum Gasteiger partial charge on any atom is 0.303 e. The number of hydrogen-bond acceptors (Lipinski definition) is 9. The van der Waals surface area contributed by atoms with Gasteiger partial charge in [-0.25, -0.2) is 23.4 Å². The van der Waals surface area contributed by atoms with Crippen LogP contribution >= 0.6 is 11.3 Å². The number of imidazole rings is 1. The molecule has 0 saturated carbocycles. The number of phenols is 1. The average Bonchev–Trinajstić information content (AvgIpc) is 3.59. The molecule has 1 aliphatic heterocycles. The van der Waals surface area contributed by atoms with E-state index in [9.17, 15) is 18.3 Å². The summed E-state index contributed by atoms with van der Waals surface area (Å²) in [7, 11) is -3.66. The van der Waals surface area contributed by atoms with Gasteiger partial charge >= 0.3 is 5.97 Å². The van der Waals surface area contributed by atoms with Crippen LogP contribution in [0.3, 0.4) is 0 Å². The number of aliphatic carboxylic acids is 1. The van der Waals surface area contributed by atoms with E-state index in [4.69, 9.17) is 15.1 Å². The van der Waals surface area contributed by atoms with Gasteiger partial charge in [0.15, 0.2) is 4.96 Å². The molecule has 1 aliphatic rings. The lowest BCUT2D eigenvalue weighted by Gasteiger charge is -2.31. The number of rotatable bonds is 9. The van der Waals surface area contributed by atoms with Crippen LogP contribution in [0.15, 0.2) is 77.3 Å². The van der Waals surface area contributed by atoms with Gasteiger partial charge in [0.2, 0.25) is 16.0 Å². The van der Waals surface area contributed by atoms with Gasteiger partial charge in [-0.3, -0.25) is 9.20 Å². The van der Waals surface area contributed by atoms with Gasteiger partial charge in [0.05, 0.1) is 16.3 Å². The number of aromatic nitrogens is 4. The van der Waals surface area contributed by atoms with Gasteiger partial charge in [-0.1, -0.05) is 24.3 Å². The van der Waals surface area contributed by atoms with Crippen LogP contribution in [0.1, 0.15) is 24.8 Å². The number of nitrogens with zero attached hydrogens (tertiary/aromatic N) is 5. The van der Waals surface area contributed by atoms with Gasteiger partial charge in [0.25, 0.3) is 0 Å². The average molecular weight is 605 g/mol. The van der Waals surface area contributed by atoms with Crippen LogP contribution in [0.25, 0.3) is 27.6 Å². The van der Waals surface area contributed by atoms with Gasteiger partial charge in [-0.05, 0) is 55.2 Å². The molecule has 13 heteroatoms. The Kier molecular flexibility index (Phi) is 7.62. The molecule has 0 unspecified atom stereocenters. The zero-order valence-electron chi connectivity index (χ0n) is 22.4. The Morgan fingerprint density at radius 1 is 1.07 bits per heavy atom. The molecule has 1 saturated heterocycles. The predicted molar refractivity (Wildman–Crippen MR) is 159 cm³/mol. The zero-order chi connectivity index (χ0) is 29.3. The van der Waals surface area contributed by atoms with Crippen molar-refractivity contribution in [3.63, 3.8) is 0 Å². The minimum absolute atomic E-state index is 0.00123. The van der Waals surface area contributed by atoms with Crippen LogP contribution in [0, 0.1) is 0 Å². The molecule has 4 heterocycles. The lowest BCUT2D eigenvalue weighted by molar-refractivity contribution is -0.136. The number of carboxylic acid groups (broad SMARTS) is 1. The summed E-state index contributed by atoms with van der Waals surface area (Å²) >= 11 is 1.51. The van der Waals surface area contributed by atoms with E-state index >= 15 is 0 Å². The highest BCUT2D eigenvalue weighted by atomic mass is 32.2. The molecule has 5 aromatic rings. The first-order chi connectivity index (χ1) is 20.3. The SMILES string of the molecule is O=C(O)CCc1ccc(S(=O)(=O)N2CCC(Nc3nccc(-c4c(-c5cccc(O)c5)nc5sccn45)n3)CC2)cc1. The lowest BCUT2D eigenvalue weighted by atomic mass is 10.1. The molecule has 0 atom stereocenters.